The summed E-state index contributed by atoms with van der Waals surface area (Å²) in [5.74, 6) is 3.83. The lowest BCUT2D eigenvalue weighted by Crippen LogP contribution is -2.39. The van der Waals surface area contributed by atoms with Crippen molar-refractivity contribution in [3.8, 4) is 0 Å². The fraction of sp³-hybridized carbons (Fsp3) is 0.381. The van der Waals surface area contributed by atoms with E-state index in [1.165, 1.54) is 0 Å². The van der Waals surface area contributed by atoms with Gasteiger partial charge in [0.1, 0.15) is 12.4 Å². The van der Waals surface area contributed by atoms with Crippen LogP contribution in [0.5, 0.6) is 0 Å². The normalized spacial score (nSPS) is 19.9. The fourth-order valence-electron chi connectivity index (χ4n) is 4.44. The minimum Gasteiger partial charge on any atom is -0.318 e. The van der Waals surface area contributed by atoms with E-state index in [0.29, 0.717) is 21.9 Å². The largest absolute Gasteiger partial charge is 0.318 e. The standard InChI is InChI=1S/C21H22N6O/c22-8-13-27(11-1-2-12-27)14-15-7-10-24-20-18(15)25-21(28)17-4-3-9-23-19(17)26(20)16-5-6-16/h3-4,7,9-10,13,16,22H,1-2,5-6,11-12,14H2/p+1. The maximum atomic E-state index is 13.0. The Kier molecular flexibility index (Phi) is 4.00. The van der Waals surface area contributed by atoms with Crippen molar-refractivity contribution in [2.45, 2.75) is 38.3 Å². The Morgan fingerprint density at radius 1 is 1.21 bits per heavy atom. The lowest BCUT2D eigenvalue weighted by molar-refractivity contribution is -0.879. The number of fused-ring (bicyclic) bond motifs is 2. The van der Waals surface area contributed by atoms with E-state index in [0.717, 1.165) is 62.4 Å². The van der Waals surface area contributed by atoms with E-state index in [4.69, 9.17) is 5.41 Å². The molecule has 1 amide bonds. The molecule has 4 heterocycles. The Balaban J connectivity index is 1.63. The Labute approximate surface area is 163 Å². The molecule has 7 heteroatoms. The molecule has 2 aromatic heterocycles. The second-order valence-electron chi connectivity index (χ2n) is 7.90. The molecule has 3 aliphatic rings. The molecular weight excluding hydrogens is 352 g/mol. The number of nitrogens with one attached hydrogen (secondary N) is 2. The summed E-state index contributed by atoms with van der Waals surface area (Å²) in [4.78, 5) is 24.3. The van der Waals surface area contributed by atoms with Gasteiger partial charge in [-0.1, -0.05) is 0 Å². The molecule has 0 aromatic carbocycles. The molecule has 1 aliphatic carbocycles. The molecular formula is C21H23N6O+. The van der Waals surface area contributed by atoms with Crippen molar-refractivity contribution in [1.29, 1.82) is 5.41 Å². The van der Waals surface area contributed by atoms with Crippen LogP contribution in [0.1, 0.15) is 41.6 Å². The highest BCUT2D eigenvalue weighted by Gasteiger charge is 2.39. The van der Waals surface area contributed by atoms with Gasteiger partial charge >= 0.3 is 0 Å². The predicted molar refractivity (Wildman–Crippen MR) is 107 cm³/mol. The minimum absolute atomic E-state index is 0.141. The number of carbonyl (C=O) groups is 1. The van der Waals surface area contributed by atoms with Crippen molar-refractivity contribution < 1.29 is 9.28 Å². The lowest BCUT2D eigenvalue weighted by atomic mass is 10.1. The number of amides is 1. The van der Waals surface area contributed by atoms with Crippen LogP contribution in [-0.4, -0.2) is 45.4 Å². The molecule has 0 radical (unpaired) electrons. The van der Waals surface area contributed by atoms with Gasteiger partial charge in [-0.25, -0.2) is 9.97 Å². The number of quaternary nitrogens is 1. The summed E-state index contributed by atoms with van der Waals surface area (Å²) in [6, 6.07) is 5.95. The van der Waals surface area contributed by atoms with Crippen molar-refractivity contribution in [1.82, 2.24) is 9.97 Å². The smallest absolute Gasteiger partial charge is 0.259 e. The summed E-state index contributed by atoms with van der Waals surface area (Å²) in [6.07, 6.45) is 9.84. The molecule has 28 heavy (non-hydrogen) atoms. The molecule has 2 fully saturated rings. The number of hydrogen-bond donors (Lipinski definition) is 2. The van der Waals surface area contributed by atoms with Crippen molar-refractivity contribution in [3.63, 3.8) is 0 Å². The second-order valence-corrected chi connectivity index (χ2v) is 7.90. The van der Waals surface area contributed by atoms with E-state index in [9.17, 15) is 4.79 Å². The highest BCUT2D eigenvalue weighted by Crippen LogP contribution is 2.44. The first-order valence-corrected chi connectivity index (χ1v) is 9.87. The first-order valence-electron chi connectivity index (χ1n) is 9.87. The summed E-state index contributed by atoms with van der Waals surface area (Å²) in [5, 5.41) is 10.6. The number of likely N-dealkylation sites (tertiary alicyclic amines) is 1. The Bertz CT molecular complexity index is 986. The summed E-state index contributed by atoms with van der Waals surface area (Å²) < 4.78 is 0.699. The third-order valence-electron chi connectivity index (χ3n) is 5.94. The van der Waals surface area contributed by atoms with E-state index in [-0.39, 0.29) is 5.91 Å². The van der Waals surface area contributed by atoms with Gasteiger partial charge in [0.25, 0.3) is 5.91 Å². The number of nitrogens with zero attached hydrogens (tertiary/aromatic N) is 4. The quantitative estimate of drug-likeness (QED) is 0.635. The molecule has 7 nitrogen and oxygen atoms in total. The zero-order chi connectivity index (χ0) is 19.1. The zero-order valence-corrected chi connectivity index (χ0v) is 15.7. The summed E-state index contributed by atoms with van der Waals surface area (Å²) in [5.41, 5.74) is 2.41. The summed E-state index contributed by atoms with van der Waals surface area (Å²) >= 11 is 0. The molecule has 1 saturated carbocycles. The fourth-order valence-corrected chi connectivity index (χ4v) is 4.44. The third kappa shape index (κ3) is 2.80. The molecule has 5 rings (SSSR count). The van der Waals surface area contributed by atoms with Gasteiger partial charge in [-0.2, -0.15) is 0 Å². The molecule has 0 spiro atoms. The first kappa shape index (κ1) is 17.1. The number of carbonyl (C=O) groups excluding carboxylic acids is 1. The molecule has 142 valence electrons. The average molecular weight is 375 g/mol. The topological polar surface area (TPSA) is 82.0 Å². The number of aromatic nitrogens is 2. The van der Waals surface area contributed by atoms with Crippen LogP contribution in [-0.2, 0) is 6.54 Å². The van der Waals surface area contributed by atoms with Crippen LogP contribution in [0.4, 0.5) is 17.3 Å². The van der Waals surface area contributed by atoms with E-state index in [1.54, 1.807) is 12.3 Å². The Morgan fingerprint density at radius 2 is 2.00 bits per heavy atom. The monoisotopic (exact) mass is 375 g/mol. The SMILES string of the molecule is N=C=C[N+]1(Cc2ccnc3c2NC(=O)c2cccnc2N3C2CC2)CCCC1. The van der Waals surface area contributed by atoms with Gasteiger partial charge in [0.2, 0.25) is 0 Å². The molecule has 0 bridgehead atoms. The minimum atomic E-state index is -0.141. The number of anilines is 3. The van der Waals surface area contributed by atoms with Crippen LogP contribution in [0, 0.1) is 5.41 Å². The van der Waals surface area contributed by atoms with Crippen molar-refractivity contribution in [2.24, 2.45) is 0 Å². The second kappa shape index (κ2) is 6.55. The number of rotatable bonds is 4. The molecule has 0 unspecified atom stereocenters. The molecule has 2 N–H and O–H groups in total. The first-order chi connectivity index (χ1) is 13.7. The van der Waals surface area contributed by atoms with E-state index in [1.807, 2.05) is 24.5 Å². The molecule has 2 aromatic rings. The van der Waals surface area contributed by atoms with Gasteiger partial charge in [0.05, 0.1) is 24.3 Å². The predicted octanol–water partition coefficient (Wildman–Crippen LogP) is 3.22. The summed E-state index contributed by atoms with van der Waals surface area (Å²) in [6.45, 7) is 2.70. The van der Waals surface area contributed by atoms with Crippen LogP contribution in [0.2, 0.25) is 0 Å². The van der Waals surface area contributed by atoms with Crippen LogP contribution in [0.15, 0.2) is 36.8 Å². The van der Waals surface area contributed by atoms with Gasteiger partial charge in [0.15, 0.2) is 12.0 Å². The molecule has 1 saturated heterocycles. The van der Waals surface area contributed by atoms with Crippen LogP contribution >= 0.6 is 0 Å². The number of hydrogen-bond acceptors (Lipinski definition) is 5. The Morgan fingerprint density at radius 3 is 2.75 bits per heavy atom. The third-order valence-corrected chi connectivity index (χ3v) is 5.94. The van der Waals surface area contributed by atoms with E-state index in [2.05, 4.69) is 26.1 Å². The van der Waals surface area contributed by atoms with Gasteiger partial charge in [-0.3, -0.25) is 14.7 Å². The van der Waals surface area contributed by atoms with Crippen LogP contribution in [0.25, 0.3) is 0 Å². The lowest BCUT2D eigenvalue weighted by Gasteiger charge is -2.30. The highest BCUT2D eigenvalue weighted by atomic mass is 16.1. The van der Waals surface area contributed by atoms with Crippen molar-refractivity contribution >= 4 is 29.1 Å². The van der Waals surface area contributed by atoms with E-state index < -0.39 is 0 Å². The molecule has 0 atom stereocenters. The van der Waals surface area contributed by atoms with Gasteiger partial charge in [0, 0.05) is 42.7 Å². The maximum Gasteiger partial charge on any atom is 0.259 e. The molecule has 2 aliphatic heterocycles. The highest BCUT2D eigenvalue weighted by molar-refractivity contribution is 6.11. The van der Waals surface area contributed by atoms with Crippen LogP contribution in [0.3, 0.4) is 0 Å². The van der Waals surface area contributed by atoms with Crippen LogP contribution < -0.4 is 10.2 Å². The van der Waals surface area contributed by atoms with E-state index >= 15 is 0 Å². The van der Waals surface area contributed by atoms with Gasteiger partial charge < -0.3 is 10.2 Å². The van der Waals surface area contributed by atoms with Crippen molar-refractivity contribution in [2.75, 3.05) is 23.3 Å². The van der Waals surface area contributed by atoms with Gasteiger partial charge in [-0.15, -0.1) is 0 Å². The average Bonchev–Trinajstić information content (AvgIpc) is 3.45. The number of pyridine rings is 2. The zero-order valence-electron chi connectivity index (χ0n) is 15.7. The Hall–Kier alpha value is -3.02. The maximum absolute atomic E-state index is 13.0. The summed E-state index contributed by atoms with van der Waals surface area (Å²) in [7, 11) is 0. The van der Waals surface area contributed by atoms with Gasteiger partial charge in [-0.05, 0) is 31.0 Å². The van der Waals surface area contributed by atoms with Crippen molar-refractivity contribution in [3.05, 3.63) is 47.9 Å².